The minimum Gasteiger partial charge on any atom is -0.344 e. The first-order valence-corrected chi connectivity index (χ1v) is 12.4. The molecule has 1 atom stereocenters. The van der Waals surface area contributed by atoms with E-state index in [0.717, 1.165) is 17.7 Å². The lowest BCUT2D eigenvalue weighted by Gasteiger charge is -2.27. The van der Waals surface area contributed by atoms with E-state index in [9.17, 15) is 22.0 Å². The van der Waals surface area contributed by atoms with E-state index in [0.29, 0.717) is 5.15 Å². The largest absolute Gasteiger partial charge is 0.344 e. The number of pyridine rings is 1. The maximum atomic E-state index is 13.5. The van der Waals surface area contributed by atoms with Crippen LogP contribution in [0, 0.1) is 11.6 Å². The van der Waals surface area contributed by atoms with Crippen molar-refractivity contribution in [1.29, 1.82) is 0 Å². The van der Waals surface area contributed by atoms with Crippen molar-refractivity contribution in [3.05, 3.63) is 87.9 Å². The SMILES string of the molecule is C=CC(C)(Cc1ccc(Cl)nc1)NS(=O)(=O)c1cn(C)c(C(=O)Nc2ccc(F)c(F)c2)c1Br. The minimum absolute atomic E-state index is 0.00200. The number of carbonyl (C=O) groups excluding carboxylic acids is 1. The van der Waals surface area contributed by atoms with Gasteiger partial charge in [-0.15, -0.1) is 6.58 Å². The summed E-state index contributed by atoms with van der Waals surface area (Å²) in [6.07, 6.45) is 4.51. The van der Waals surface area contributed by atoms with Crippen molar-refractivity contribution in [2.45, 2.75) is 23.8 Å². The number of aromatic nitrogens is 2. The molecule has 0 radical (unpaired) electrons. The fourth-order valence-corrected chi connectivity index (χ4v) is 6.05. The Kier molecular flexibility index (Phi) is 7.61. The van der Waals surface area contributed by atoms with E-state index in [1.807, 2.05) is 0 Å². The molecule has 0 saturated carbocycles. The third kappa shape index (κ3) is 5.72. The molecule has 3 rings (SSSR count). The fourth-order valence-electron chi connectivity index (χ4n) is 3.23. The van der Waals surface area contributed by atoms with Crippen molar-refractivity contribution in [2.24, 2.45) is 7.05 Å². The Morgan fingerprint density at radius 2 is 2.00 bits per heavy atom. The van der Waals surface area contributed by atoms with Crippen LogP contribution in [0.15, 0.2) is 64.7 Å². The number of nitrogens with one attached hydrogen (secondary N) is 2. The summed E-state index contributed by atoms with van der Waals surface area (Å²) in [4.78, 5) is 16.6. The van der Waals surface area contributed by atoms with E-state index in [4.69, 9.17) is 11.6 Å². The number of halogens is 4. The number of nitrogens with zero attached hydrogens (tertiary/aromatic N) is 2. The zero-order valence-corrected chi connectivity index (χ0v) is 21.2. The Balaban J connectivity index is 1.87. The summed E-state index contributed by atoms with van der Waals surface area (Å²) in [6.45, 7) is 5.40. The molecule has 0 aliphatic carbocycles. The Morgan fingerprint density at radius 3 is 2.59 bits per heavy atom. The molecule has 2 heterocycles. The van der Waals surface area contributed by atoms with Gasteiger partial charge in [0, 0.05) is 31.2 Å². The van der Waals surface area contributed by atoms with Gasteiger partial charge in [-0.2, -0.15) is 0 Å². The predicted octanol–water partition coefficient (Wildman–Crippen LogP) is 4.83. The van der Waals surface area contributed by atoms with Crippen molar-refractivity contribution in [1.82, 2.24) is 14.3 Å². The molecule has 0 spiro atoms. The highest BCUT2D eigenvalue weighted by Gasteiger charge is 2.33. The Bertz CT molecular complexity index is 1360. The van der Waals surface area contributed by atoms with E-state index in [-0.39, 0.29) is 27.2 Å². The van der Waals surface area contributed by atoms with Crippen LogP contribution in [0.1, 0.15) is 23.0 Å². The molecule has 0 aliphatic heterocycles. The molecule has 12 heteroatoms. The third-order valence-electron chi connectivity index (χ3n) is 4.95. The minimum atomic E-state index is -4.13. The molecule has 180 valence electrons. The average Bonchev–Trinajstić information content (AvgIpc) is 3.07. The number of hydrogen-bond donors (Lipinski definition) is 2. The van der Waals surface area contributed by atoms with Crippen LogP contribution in [0.5, 0.6) is 0 Å². The molecule has 2 N–H and O–H groups in total. The molecular weight excluding hydrogens is 554 g/mol. The number of aryl methyl sites for hydroxylation is 1. The first kappa shape index (κ1) is 26.0. The van der Waals surface area contributed by atoms with Gasteiger partial charge in [0.1, 0.15) is 15.7 Å². The topological polar surface area (TPSA) is 93.1 Å². The Hall–Kier alpha value is -2.60. The summed E-state index contributed by atoms with van der Waals surface area (Å²) in [5.74, 6) is -2.91. The first-order chi connectivity index (χ1) is 15.8. The predicted molar refractivity (Wildman–Crippen MR) is 129 cm³/mol. The van der Waals surface area contributed by atoms with Gasteiger partial charge >= 0.3 is 0 Å². The smallest absolute Gasteiger partial charge is 0.273 e. The lowest BCUT2D eigenvalue weighted by Crippen LogP contribution is -2.45. The quantitative estimate of drug-likeness (QED) is 0.298. The molecule has 0 saturated heterocycles. The van der Waals surface area contributed by atoms with Gasteiger partial charge in [0.15, 0.2) is 11.6 Å². The second-order valence-electron chi connectivity index (χ2n) is 7.74. The van der Waals surface area contributed by atoms with E-state index < -0.39 is 33.1 Å². The van der Waals surface area contributed by atoms with Gasteiger partial charge in [-0.05, 0) is 53.0 Å². The van der Waals surface area contributed by atoms with Gasteiger partial charge in [-0.3, -0.25) is 4.79 Å². The van der Waals surface area contributed by atoms with E-state index >= 15 is 0 Å². The van der Waals surface area contributed by atoms with Gasteiger partial charge < -0.3 is 9.88 Å². The Labute approximate surface area is 209 Å². The zero-order valence-electron chi connectivity index (χ0n) is 18.1. The first-order valence-electron chi connectivity index (χ1n) is 9.74. The maximum absolute atomic E-state index is 13.5. The molecule has 1 unspecified atom stereocenters. The summed E-state index contributed by atoms with van der Waals surface area (Å²) in [7, 11) is -2.65. The van der Waals surface area contributed by atoms with Crippen LogP contribution in [0.3, 0.4) is 0 Å². The van der Waals surface area contributed by atoms with Crippen LogP contribution in [-0.4, -0.2) is 29.4 Å². The van der Waals surface area contributed by atoms with E-state index in [2.05, 4.69) is 37.5 Å². The molecular formula is C22H20BrClF2N4O3S. The molecule has 0 bridgehead atoms. The summed E-state index contributed by atoms with van der Waals surface area (Å²) in [5.41, 5.74) is -0.381. The lowest BCUT2D eigenvalue weighted by molar-refractivity contribution is 0.101. The van der Waals surface area contributed by atoms with Crippen LogP contribution >= 0.6 is 27.5 Å². The number of rotatable bonds is 8. The van der Waals surface area contributed by atoms with Crippen molar-refractivity contribution in [3.63, 3.8) is 0 Å². The normalized spacial score (nSPS) is 13.4. The van der Waals surface area contributed by atoms with Crippen LogP contribution in [0.2, 0.25) is 5.15 Å². The molecule has 0 fully saturated rings. The molecule has 1 aromatic carbocycles. The third-order valence-corrected chi connectivity index (χ3v) is 7.86. The number of sulfonamides is 1. The maximum Gasteiger partial charge on any atom is 0.273 e. The van der Waals surface area contributed by atoms with Gasteiger partial charge in [-0.25, -0.2) is 26.9 Å². The van der Waals surface area contributed by atoms with Crippen LogP contribution in [0.25, 0.3) is 0 Å². The molecule has 7 nitrogen and oxygen atoms in total. The monoisotopic (exact) mass is 572 g/mol. The summed E-state index contributed by atoms with van der Waals surface area (Å²) in [6, 6.07) is 6.21. The number of anilines is 1. The number of amides is 1. The zero-order chi connectivity index (χ0) is 25.3. The van der Waals surface area contributed by atoms with Gasteiger partial charge in [0.2, 0.25) is 10.0 Å². The number of hydrogen-bond acceptors (Lipinski definition) is 4. The summed E-state index contributed by atoms with van der Waals surface area (Å²) >= 11 is 9.01. The van der Waals surface area contributed by atoms with Gasteiger partial charge in [0.05, 0.1) is 10.0 Å². The highest BCUT2D eigenvalue weighted by atomic mass is 79.9. The van der Waals surface area contributed by atoms with Crippen molar-refractivity contribution < 1.29 is 22.0 Å². The highest BCUT2D eigenvalue weighted by Crippen LogP contribution is 2.30. The Morgan fingerprint density at radius 1 is 1.29 bits per heavy atom. The second kappa shape index (κ2) is 9.95. The second-order valence-corrected chi connectivity index (χ2v) is 10.6. The van der Waals surface area contributed by atoms with Crippen molar-refractivity contribution in [2.75, 3.05) is 5.32 Å². The summed E-state index contributed by atoms with van der Waals surface area (Å²) < 4.78 is 57.0. The fraction of sp³-hybridized carbons (Fsp3) is 0.182. The van der Waals surface area contributed by atoms with E-state index in [1.165, 1.54) is 36.2 Å². The van der Waals surface area contributed by atoms with Crippen LogP contribution < -0.4 is 10.0 Å². The number of benzene rings is 1. The van der Waals surface area contributed by atoms with Crippen molar-refractivity contribution >= 4 is 49.1 Å². The number of carbonyl (C=O) groups is 1. The molecule has 1 amide bonds. The average molecular weight is 574 g/mol. The van der Waals surface area contributed by atoms with Crippen LogP contribution in [0.4, 0.5) is 14.5 Å². The molecule has 2 aromatic heterocycles. The van der Waals surface area contributed by atoms with Crippen LogP contribution in [-0.2, 0) is 23.5 Å². The van der Waals surface area contributed by atoms with E-state index in [1.54, 1.807) is 19.1 Å². The van der Waals surface area contributed by atoms with Gasteiger partial charge in [-0.1, -0.05) is 23.7 Å². The van der Waals surface area contributed by atoms with Crippen molar-refractivity contribution in [3.8, 4) is 0 Å². The lowest BCUT2D eigenvalue weighted by atomic mass is 9.95. The van der Waals surface area contributed by atoms with Gasteiger partial charge in [0.25, 0.3) is 5.91 Å². The molecule has 0 aliphatic rings. The standard InChI is InChI=1S/C22H20BrClF2N4O3S/c1-4-22(2,10-13-5-8-18(24)27-11-13)29-34(32,33)17-12-30(3)20(19(17)23)21(31)28-14-6-7-15(25)16(26)9-14/h4-9,11-12,29H,1,10H2,2-3H3,(H,28,31). The highest BCUT2D eigenvalue weighted by molar-refractivity contribution is 9.10. The molecule has 34 heavy (non-hydrogen) atoms. The summed E-state index contributed by atoms with van der Waals surface area (Å²) in [5, 5.41) is 2.74. The molecule has 3 aromatic rings.